The van der Waals surface area contributed by atoms with Crippen molar-refractivity contribution in [2.45, 2.75) is 44.0 Å². The van der Waals surface area contributed by atoms with Crippen molar-refractivity contribution in [3.63, 3.8) is 0 Å². The van der Waals surface area contributed by atoms with Crippen LogP contribution < -0.4 is 11.1 Å². The molecule has 10 nitrogen and oxygen atoms in total. The Morgan fingerprint density at radius 3 is 2.26 bits per heavy atom. The number of ether oxygens (including phenoxy) is 1. The maximum absolute atomic E-state index is 14.1. The van der Waals surface area contributed by atoms with E-state index in [1.807, 2.05) is 60.7 Å². The summed E-state index contributed by atoms with van der Waals surface area (Å²) in [6.45, 7) is 3.03. The van der Waals surface area contributed by atoms with Crippen LogP contribution in [0.1, 0.15) is 25.0 Å². The van der Waals surface area contributed by atoms with Crippen LogP contribution >= 0.6 is 0 Å². The number of Topliss-reactive ketones (excluding diaryl/α,β-unsaturated/α-hetero) is 1. The van der Waals surface area contributed by atoms with E-state index >= 15 is 0 Å². The molecule has 0 aromatic heterocycles. The van der Waals surface area contributed by atoms with Gasteiger partial charge in [-0.15, -0.1) is 0 Å². The van der Waals surface area contributed by atoms with Gasteiger partial charge >= 0.3 is 6.03 Å². The summed E-state index contributed by atoms with van der Waals surface area (Å²) in [5.74, 6) is -1.80. The number of hydrogen-bond acceptors (Lipinski definition) is 7. The third kappa shape index (κ3) is 5.13. The number of hydrogen-bond donors (Lipinski definition) is 2. The molecule has 3 N–H and O–H groups in total. The van der Waals surface area contributed by atoms with Gasteiger partial charge in [-0.05, 0) is 25.0 Å². The molecule has 2 heterocycles. The zero-order chi connectivity index (χ0) is 27.5. The Balaban J connectivity index is 1.69. The monoisotopic (exact) mass is 517 g/mol. The Morgan fingerprint density at radius 1 is 1.05 bits per heavy atom. The van der Waals surface area contributed by atoms with Gasteiger partial charge in [-0.3, -0.25) is 29.2 Å². The summed E-state index contributed by atoms with van der Waals surface area (Å²) in [6, 6.07) is 16.6. The number of likely N-dealkylation sites (N-methyl/N-ethyl adjacent to an activating group) is 1. The van der Waals surface area contributed by atoms with Gasteiger partial charge in [0.15, 0.2) is 5.54 Å². The smallest absolute Gasteiger partial charge is 0.331 e. The van der Waals surface area contributed by atoms with E-state index in [0.29, 0.717) is 0 Å². The first-order valence-corrected chi connectivity index (χ1v) is 12.2. The molecular weight excluding hydrogens is 486 g/mol. The van der Waals surface area contributed by atoms with E-state index in [-0.39, 0.29) is 25.3 Å². The van der Waals surface area contributed by atoms with Crippen molar-refractivity contribution in [1.82, 2.24) is 15.1 Å². The molecule has 198 valence electrons. The molecule has 38 heavy (non-hydrogen) atoms. The number of carbonyl (C=O) groups excluding carboxylic acids is 4. The van der Waals surface area contributed by atoms with E-state index in [1.165, 1.54) is 38.2 Å². The number of nitrogens with one attached hydrogen (secondary N) is 1. The van der Waals surface area contributed by atoms with E-state index in [1.54, 1.807) is 0 Å². The Labute approximate surface area is 221 Å². The predicted octanol–water partition coefficient (Wildman–Crippen LogP) is 1.80. The third-order valence-corrected chi connectivity index (χ3v) is 6.51. The van der Waals surface area contributed by atoms with Crippen molar-refractivity contribution >= 4 is 29.3 Å². The first kappa shape index (κ1) is 26.9. The lowest BCUT2D eigenvalue weighted by molar-refractivity contribution is -0.131. The van der Waals surface area contributed by atoms with Gasteiger partial charge in [-0.2, -0.15) is 0 Å². The molecule has 0 aliphatic carbocycles. The second-order valence-electron chi connectivity index (χ2n) is 9.93. The highest BCUT2D eigenvalue weighted by Gasteiger charge is 2.61. The minimum absolute atomic E-state index is 0.0194. The number of nitrogens with two attached hydrogens (primary N) is 1. The highest BCUT2D eigenvalue weighted by molar-refractivity contribution is 6.51. The van der Waals surface area contributed by atoms with Crippen LogP contribution in [0.5, 0.6) is 0 Å². The molecule has 2 atom stereocenters. The topological polar surface area (TPSA) is 134 Å². The van der Waals surface area contributed by atoms with Gasteiger partial charge in [0.05, 0.1) is 18.8 Å². The van der Waals surface area contributed by atoms with Gasteiger partial charge in [0.25, 0.3) is 5.91 Å². The van der Waals surface area contributed by atoms with Gasteiger partial charge in [0.2, 0.25) is 11.7 Å². The number of nitrogens with zero attached hydrogens (tertiary/aromatic N) is 3. The number of urea groups is 1. The summed E-state index contributed by atoms with van der Waals surface area (Å²) in [6.07, 6.45) is 2.72. The van der Waals surface area contributed by atoms with Gasteiger partial charge < -0.3 is 15.8 Å². The van der Waals surface area contributed by atoms with Gasteiger partial charge in [0.1, 0.15) is 11.8 Å². The molecule has 0 bridgehead atoms. The third-order valence-electron chi connectivity index (χ3n) is 6.51. The number of carbonyl (C=O) groups is 4. The minimum Gasteiger partial charge on any atom is -0.374 e. The van der Waals surface area contributed by atoms with Crippen LogP contribution in [0.2, 0.25) is 0 Å². The Kier molecular flexibility index (Phi) is 7.56. The van der Waals surface area contributed by atoms with Crippen molar-refractivity contribution in [3.05, 3.63) is 84.2 Å². The Bertz CT molecular complexity index is 1290. The second-order valence-corrected chi connectivity index (χ2v) is 9.93. The summed E-state index contributed by atoms with van der Waals surface area (Å²) in [5, 5.41) is 2.67. The van der Waals surface area contributed by atoms with E-state index in [4.69, 9.17) is 10.5 Å². The van der Waals surface area contributed by atoms with Crippen LogP contribution in [0.4, 0.5) is 4.79 Å². The van der Waals surface area contributed by atoms with Crippen LogP contribution in [0.15, 0.2) is 78.1 Å². The average Bonchev–Trinajstić information content (AvgIpc) is 3.09. The fraction of sp³-hybridized carbons (Fsp3) is 0.321. The molecule has 10 heteroatoms. The molecule has 0 radical (unpaired) electrons. The summed E-state index contributed by atoms with van der Waals surface area (Å²) in [5.41, 5.74) is 4.45. The molecule has 2 aliphatic rings. The van der Waals surface area contributed by atoms with Gasteiger partial charge in [-0.1, -0.05) is 60.7 Å². The number of imide groups is 1. The van der Waals surface area contributed by atoms with Crippen LogP contribution in [0, 0.1) is 0 Å². The van der Waals surface area contributed by atoms with Crippen LogP contribution in [-0.4, -0.2) is 69.9 Å². The molecule has 0 saturated carbocycles. The number of fused-ring (bicyclic) bond motifs is 1. The zero-order valence-electron chi connectivity index (χ0n) is 21.6. The minimum atomic E-state index is -1.71. The van der Waals surface area contributed by atoms with E-state index in [2.05, 4.69) is 10.3 Å². The van der Waals surface area contributed by atoms with Crippen molar-refractivity contribution in [2.75, 3.05) is 13.7 Å². The van der Waals surface area contributed by atoms with Gasteiger partial charge in [0, 0.05) is 25.9 Å². The van der Waals surface area contributed by atoms with Crippen molar-refractivity contribution in [2.24, 2.45) is 10.7 Å². The van der Waals surface area contributed by atoms with E-state index in [0.717, 1.165) is 16.0 Å². The van der Waals surface area contributed by atoms with Crippen LogP contribution in [0.3, 0.4) is 0 Å². The fourth-order valence-electron chi connectivity index (χ4n) is 4.44. The summed E-state index contributed by atoms with van der Waals surface area (Å²) in [4.78, 5) is 60.1. The SMILES string of the molecule is CN1C(=O)N2C=CN=C(C(=O)[C@@H](COCc3ccccc3)NC(=O)C(C)(C)N)[C@]2(Cc2ccccc2)C1=O. The molecule has 1 saturated heterocycles. The number of ketones is 1. The number of aliphatic imine (C=N–C) groups is 1. The lowest BCUT2D eigenvalue weighted by Gasteiger charge is -2.36. The van der Waals surface area contributed by atoms with Crippen LogP contribution in [0.25, 0.3) is 0 Å². The van der Waals surface area contributed by atoms with E-state index in [9.17, 15) is 19.2 Å². The zero-order valence-corrected chi connectivity index (χ0v) is 21.6. The second kappa shape index (κ2) is 10.7. The summed E-state index contributed by atoms with van der Waals surface area (Å²) in [7, 11) is 1.37. The summed E-state index contributed by atoms with van der Waals surface area (Å²) >= 11 is 0. The molecule has 0 spiro atoms. The predicted molar refractivity (Wildman–Crippen MR) is 141 cm³/mol. The summed E-state index contributed by atoms with van der Waals surface area (Å²) < 4.78 is 5.81. The molecule has 4 amide bonds. The number of benzene rings is 2. The molecular formula is C28H31N5O5. The molecule has 4 rings (SSSR count). The van der Waals surface area contributed by atoms with Gasteiger partial charge in [-0.25, -0.2) is 4.79 Å². The molecule has 2 aliphatic heterocycles. The van der Waals surface area contributed by atoms with Crippen molar-refractivity contribution in [1.29, 1.82) is 0 Å². The lowest BCUT2D eigenvalue weighted by Crippen LogP contribution is -2.63. The highest BCUT2D eigenvalue weighted by Crippen LogP contribution is 2.36. The number of amides is 4. The fourth-order valence-corrected chi connectivity index (χ4v) is 4.44. The standard InChI is InChI=1S/C28H31N5O5/c1-27(2,29)24(35)31-21(18-38-17-20-12-8-5-9-13-20)22(34)23-28(16-19-10-6-4-7-11-19)25(36)32(3)26(37)33(28)15-14-30-23/h4-15,21H,16-18,29H2,1-3H3,(H,31,35)/t21-,28-/m1/s1. The van der Waals surface area contributed by atoms with Crippen LogP contribution in [-0.2, 0) is 32.1 Å². The lowest BCUT2D eigenvalue weighted by atomic mass is 9.80. The highest BCUT2D eigenvalue weighted by atomic mass is 16.5. The molecule has 1 fully saturated rings. The largest absolute Gasteiger partial charge is 0.374 e. The quantitative estimate of drug-likeness (QED) is 0.462. The molecule has 2 aromatic carbocycles. The average molecular weight is 518 g/mol. The Morgan fingerprint density at radius 2 is 1.66 bits per heavy atom. The maximum atomic E-state index is 14.1. The number of rotatable bonds is 10. The van der Waals surface area contributed by atoms with Crippen molar-refractivity contribution < 1.29 is 23.9 Å². The first-order chi connectivity index (χ1) is 18.1. The molecule has 2 aromatic rings. The molecule has 0 unspecified atom stereocenters. The Hall–Kier alpha value is -4.15. The normalized spacial score (nSPS) is 19.7. The van der Waals surface area contributed by atoms with Crippen molar-refractivity contribution in [3.8, 4) is 0 Å². The van der Waals surface area contributed by atoms with E-state index < -0.39 is 40.7 Å². The maximum Gasteiger partial charge on any atom is 0.331 e. The first-order valence-electron chi connectivity index (χ1n) is 12.2.